The van der Waals surface area contributed by atoms with Gasteiger partial charge >= 0.3 is 0 Å². The summed E-state index contributed by atoms with van der Waals surface area (Å²) in [5, 5.41) is 7.59. The molecule has 37 heavy (non-hydrogen) atoms. The van der Waals surface area contributed by atoms with Crippen LogP contribution >= 0.6 is 11.6 Å². The van der Waals surface area contributed by atoms with E-state index in [1.54, 1.807) is 30.5 Å². The number of benzene rings is 2. The fourth-order valence-corrected chi connectivity index (χ4v) is 4.70. The van der Waals surface area contributed by atoms with Gasteiger partial charge in [-0.1, -0.05) is 36.4 Å². The van der Waals surface area contributed by atoms with Gasteiger partial charge in [0, 0.05) is 59.1 Å². The van der Waals surface area contributed by atoms with Crippen LogP contribution in [0.5, 0.6) is 0 Å². The van der Waals surface area contributed by atoms with Crippen molar-refractivity contribution >= 4 is 46.0 Å². The Morgan fingerprint density at radius 1 is 1.19 bits per heavy atom. The summed E-state index contributed by atoms with van der Waals surface area (Å²) < 4.78 is 0. The van der Waals surface area contributed by atoms with Crippen LogP contribution in [-0.4, -0.2) is 50.8 Å². The summed E-state index contributed by atoms with van der Waals surface area (Å²) in [4.78, 5) is 39.0. The molecule has 1 aliphatic heterocycles. The van der Waals surface area contributed by atoms with Gasteiger partial charge in [0.25, 0.3) is 11.8 Å². The van der Waals surface area contributed by atoms with Gasteiger partial charge in [0.2, 0.25) is 5.95 Å². The minimum absolute atomic E-state index is 0.000976. The highest BCUT2D eigenvalue weighted by Crippen LogP contribution is 2.32. The molecule has 5 rings (SSSR count). The number of likely N-dealkylation sites (tertiary alicyclic amines) is 1. The SMILES string of the molecule is C=C=CC(=O)Nc1ccc(C(=O)N2CCC[C@@H](Nc3ncc(Cl)c(-c4c[nH]c5ccccc45)n3)C2)cc1. The van der Waals surface area contributed by atoms with Crippen molar-refractivity contribution in [2.45, 2.75) is 18.9 Å². The van der Waals surface area contributed by atoms with Crippen LogP contribution in [0.4, 0.5) is 11.6 Å². The Hall–Kier alpha value is -4.39. The van der Waals surface area contributed by atoms with Crippen molar-refractivity contribution in [1.82, 2.24) is 19.9 Å². The lowest BCUT2D eigenvalue weighted by molar-refractivity contribution is -0.111. The Bertz CT molecular complexity index is 1510. The Morgan fingerprint density at radius 3 is 2.81 bits per heavy atom. The smallest absolute Gasteiger partial charge is 0.256 e. The van der Waals surface area contributed by atoms with Gasteiger partial charge in [0.05, 0.1) is 16.9 Å². The second kappa shape index (κ2) is 10.7. The number of amides is 2. The molecule has 2 amide bonds. The van der Waals surface area contributed by atoms with Gasteiger partial charge in [0.1, 0.15) is 0 Å². The lowest BCUT2D eigenvalue weighted by atomic mass is 10.0. The van der Waals surface area contributed by atoms with E-state index in [4.69, 9.17) is 16.6 Å². The molecule has 0 unspecified atom stereocenters. The van der Waals surface area contributed by atoms with E-state index in [0.29, 0.717) is 41.0 Å². The Morgan fingerprint density at radius 2 is 2.00 bits per heavy atom. The molecule has 1 aliphatic rings. The summed E-state index contributed by atoms with van der Waals surface area (Å²) in [5.41, 5.74) is 6.15. The first-order valence-electron chi connectivity index (χ1n) is 11.9. The number of aromatic amines is 1. The van der Waals surface area contributed by atoms with E-state index < -0.39 is 0 Å². The van der Waals surface area contributed by atoms with E-state index in [1.165, 1.54) is 6.08 Å². The molecule has 1 fully saturated rings. The molecule has 9 heteroatoms. The third-order valence-corrected chi connectivity index (χ3v) is 6.54. The average Bonchev–Trinajstić information content (AvgIpc) is 3.34. The number of H-pyrrole nitrogens is 1. The third-order valence-electron chi connectivity index (χ3n) is 6.26. The molecule has 0 radical (unpaired) electrons. The van der Waals surface area contributed by atoms with Gasteiger partial charge in [-0.05, 0) is 43.2 Å². The van der Waals surface area contributed by atoms with E-state index in [-0.39, 0.29) is 17.9 Å². The van der Waals surface area contributed by atoms with Crippen molar-refractivity contribution in [3.63, 3.8) is 0 Å². The van der Waals surface area contributed by atoms with Gasteiger partial charge in [-0.3, -0.25) is 9.59 Å². The topological polar surface area (TPSA) is 103 Å². The Kier molecular flexibility index (Phi) is 7.03. The lowest BCUT2D eigenvalue weighted by Crippen LogP contribution is -2.45. The number of para-hydroxylation sites is 1. The summed E-state index contributed by atoms with van der Waals surface area (Å²) in [5.74, 6) is 0.0841. The second-order valence-electron chi connectivity index (χ2n) is 8.79. The van der Waals surface area contributed by atoms with Gasteiger partial charge in [0.15, 0.2) is 0 Å². The second-order valence-corrected chi connectivity index (χ2v) is 9.20. The summed E-state index contributed by atoms with van der Waals surface area (Å²) in [6.45, 7) is 4.57. The van der Waals surface area contributed by atoms with Crippen LogP contribution in [-0.2, 0) is 4.79 Å². The molecule has 0 saturated carbocycles. The summed E-state index contributed by atoms with van der Waals surface area (Å²) >= 11 is 6.47. The normalized spacial score (nSPS) is 15.2. The largest absolute Gasteiger partial charge is 0.360 e. The molecule has 3 N–H and O–H groups in total. The number of hydrogen-bond donors (Lipinski definition) is 3. The minimum atomic E-state index is -0.323. The molecule has 186 valence electrons. The van der Waals surface area contributed by atoms with Crippen LogP contribution < -0.4 is 10.6 Å². The fraction of sp³-hybridized carbons (Fsp3) is 0.179. The standard InChI is InChI=1S/C28H25ClN6O2/c1-2-6-25(36)32-19-12-10-18(11-13-19)27(37)35-14-5-7-20(17-35)33-28-31-16-23(29)26(34-28)22-15-30-24-9-4-3-8-21(22)24/h3-4,6,8-13,15-16,20,30H,1,5,7,14,17H2,(H,32,36)(H,31,33,34)/t20-/m1/s1. The zero-order valence-corrected chi connectivity index (χ0v) is 20.8. The molecule has 1 atom stereocenters. The minimum Gasteiger partial charge on any atom is -0.360 e. The quantitative estimate of drug-likeness (QED) is 0.241. The molecule has 2 aromatic heterocycles. The number of halogens is 1. The Labute approximate surface area is 219 Å². The number of nitrogens with one attached hydrogen (secondary N) is 3. The number of nitrogens with zero attached hydrogens (tertiary/aromatic N) is 3. The zero-order chi connectivity index (χ0) is 25.8. The van der Waals surface area contributed by atoms with Crippen molar-refractivity contribution in [3.05, 3.63) is 89.9 Å². The highest BCUT2D eigenvalue weighted by molar-refractivity contribution is 6.33. The molecule has 3 heterocycles. The number of anilines is 2. The van der Waals surface area contributed by atoms with Crippen LogP contribution in [0, 0.1) is 0 Å². The molecule has 8 nitrogen and oxygen atoms in total. The van der Waals surface area contributed by atoms with E-state index in [9.17, 15) is 9.59 Å². The van der Waals surface area contributed by atoms with Crippen molar-refractivity contribution in [2.24, 2.45) is 0 Å². The maximum absolute atomic E-state index is 13.1. The molecule has 0 bridgehead atoms. The van der Waals surface area contributed by atoms with Gasteiger partial charge < -0.3 is 20.5 Å². The van der Waals surface area contributed by atoms with Crippen molar-refractivity contribution in [1.29, 1.82) is 0 Å². The van der Waals surface area contributed by atoms with E-state index in [0.717, 1.165) is 29.3 Å². The van der Waals surface area contributed by atoms with Gasteiger partial charge in [-0.2, -0.15) is 0 Å². The van der Waals surface area contributed by atoms with E-state index >= 15 is 0 Å². The van der Waals surface area contributed by atoms with Crippen molar-refractivity contribution < 1.29 is 9.59 Å². The number of carbonyl (C=O) groups is 2. The molecule has 1 saturated heterocycles. The van der Waals surface area contributed by atoms with Crippen LogP contribution in [0.1, 0.15) is 23.2 Å². The van der Waals surface area contributed by atoms with Crippen LogP contribution in [0.15, 0.2) is 79.3 Å². The van der Waals surface area contributed by atoms with Crippen LogP contribution in [0.3, 0.4) is 0 Å². The molecule has 0 spiro atoms. The first-order chi connectivity index (χ1) is 18.0. The first-order valence-corrected chi connectivity index (χ1v) is 12.3. The van der Waals surface area contributed by atoms with Crippen LogP contribution in [0.2, 0.25) is 5.02 Å². The number of rotatable bonds is 6. The predicted molar refractivity (Wildman–Crippen MR) is 146 cm³/mol. The summed E-state index contributed by atoms with van der Waals surface area (Å²) in [7, 11) is 0. The fourth-order valence-electron chi connectivity index (χ4n) is 4.50. The van der Waals surface area contributed by atoms with E-state index in [1.807, 2.05) is 35.4 Å². The maximum atomic E-state index is 13.1. The van der Waals surface area contributed by atoms with Crippen molar-refractivity contribution in [3.8, 4) is 11.3 Å². The van der Waals surface area contributed by atoms with Gasteiger partial charge in [-0.15, -0.1) is 5.73 Å². The highest BCUT2D eigenvalue weighted by atomic mass is 35.5. The number of carbonyl (C=O) groups excluding carboxylic acids is 2. The number of hydrogen-bond acceptors (Lipinski definition) is 5. The third kappa shape index (κ3) is 5.40. The number of piperidine rings is 1. The molecular formula is C28H25ClN6O2. The molecule has 0 aliphatic carbocycles. The molecule has 2 aromatic carbocycles. The predicted octanol–water partition coefficient (Wildman–Crippen LogP) is 5.27. The van der Waals surface area contributed by atoms with Crippen molar-refractivity contribution in [2.75, 3.05) is 23.7 Å². The highest BCUT2D eigenvalue weighted by Gasteiger charge is 2.25. The maximum Gasteiger partial charge on any atom is 0.256 e. The number of fused-ring (bicyclic) bond motifs is 1. The molecular weight excluding hydrogens is 488 g/mol. The average molecular weight is 513 g/mol. The monoisotopic (exact) mass is 512 g/mol. The van der Waals surface area contributed by atoms with Crippen LogP contribution in [0.25, 0.3) is 22.2 Å². The zero-order valence-electron chi connectivity index (χ0n) is 20.0. The van der Waals surface area contributed by atoms with Gasteiger partial charge in [-0.25, -0.2) is 9.97 Å². The summed E-state index contributed by atoms with van der Waals surface area (Å²) in [6.07, 6.45) is 6.46. The lowest BCUT2D eigenvalue weighted by Gasteiger charge is -2.33. The Balaban J connectivity index is 1.27. The number of aromatic nitrogens is 3. The first kappa shape index (κ1) is 24.3. The summed E-state index contributed by atoms with van der Waals surface area (Å²) in [6, 6.07) is 14.8. The molecule has 4 aromatic rings. The van der Waals surface area contributed by atoms with E-state index in [2.05, 4.69) is 32.9 Å².